The van der Waals surface area contributed by atoms with E-state index < -0.39 is 12.6 Å². The minimum absolute atomic E-state index is 0. The van der Waals surface area contributed by atoms with Gasteiger partial charge in [-0.15, -0.1) is 0 Å². The molecule has 0 amide bonds. The van der Waals surface area contributed by atoms with Gasteiger partial charge < -0.3 is 9.84 Å². The topological polar surface area (TPSA) is 46.5 Å². The molecule has 0 aliphatic carbocycles. The fourth-order valence-corrected chi connectivity index (χ4v) is 1.19. The SMILES string of the molecule is O=C(O)COc1ccc(Cl)cc1Cl.[MgH2]. The van der Waals surface area contributed by atoms with Gasteiger partial charge in [-0.3, -0.25) is 0 Å². The molecule has 0 bridgehead atoms. The third kappa shape index (κ3) is 4.37. The molecule has 1 aromatic carbocycles. The Morgan fingerprint density at radius 1 is 1.43 bits per heavy atom. The molecule has 0 aromatic heterocycles. The van der Waals surface area contributed by atoms with Crippen molar-refractivity contribution in [2.24, 2.45) is 0 Å². The second-order valence-corrected chi connectivity index (χ2v) is 3.10. The zero-order valence-corrected chi connectivity index (χ0v) is 7.97. The summed E-state index contributed by atoms with van der Waals surface area (Å²) in [7, 11) is 0. The molecule has 1 N–H and O–H groups in total. The lowest BCUT2D eigenvalue weighted by atomic mass is 10.3. The van der Waals surface area contributed by atoms with Crippen LogP contribution in [-0.4, -0.2) is 40.7 Å². The van der Waals surface area contributed by atoms with E-state index in [0.29, 0.717) is 15.8 Å². The van der Waals surface area contributed by atoms with Crippen LogP contribution >= 0.6 is 23.2 Å². The van der Waals surface area contributed by atoms with Gasteiger partial charge in [-0.25, -0.2) is 4.79 Å². The molecular formula is C8H8Cl2MgO3. The predicted molar refractivity (Wildman–Crippen MR) is 58.1 cm³/mol. The maximum Gasteiger partial charge on any atom is 0.341 e. The summed E-state index contributed by atoms with van der Waals surface area (Å²) in [4.78, 5) is 10.2. The van der Waals surface area contributed by atoms with Crippen LogP contribution in [0.3, 0.4) is 0 Å². The first-order chi connectivity index (χ1) is 6.09. The molecule has 0 aliphatic heterocycles. The zero-order valence-electron chi connectivity index (χ0n) is 6.46. The largest absolute Gasteiger partial charge is 0.480 e. The van der Waals surface area contributed by atoms with E-state index in [9.17, 15) is 4.79 Å². The van der Waals surface area contributed by atoms with Crippen molar-refractivity contribution in [1.82, 2.24) is 0 Å². The van der Waals surface area contributed by atoms with Crippen molar-refractivity contribution in [3.63, 3.8) is 0 Å². The summed E-state index contributed by atoms with van der Waals surface area (Å²) in [5.41, 5.74) is 0. The maximum absolute atomic E-state index is 10.2. The minimum Gasteiger partial charge on any atom is -0.480 e. The number of carbonyl (C=O) groups is 1. The van der Waals surface area contributed by atoms with Gasteiger partial charge in [-0.2, -0.15) is 0 Å². The molecule has 0 saturated carbocycles. The van der Waals surface area contributed by atoms with Crippen LogP contribution in [0.1, 0.15) is 0 Å². The van der Waals surface area contributed by atoms with Gasteiger partial charge in [0.05, 0.1) is 5.02 Å². The Bertz CT molecular complexity index is 330. The van der Waals surface area contributed by atoms with E-state index in [-0.39, 0.29) is 23.1 Å². The van der Waals surface area contributed by atoms with Gasteiger partial charge in [0.25, 0.3) is 0 Å². The van der Waals surface area contributed by atoms with E-state index in [1.165, 1.54) is 12.1 Å². The molecule has 0 saturated heterocycles. The Morgan fingerprint density at radius 2 is 2.07 bits per heavy atom. The van der Waals surface area contributed by atoms with Crippen LogP contribution in [0.25, 0.3) is 0 Å². The molecule has 6 heteroatoms. The highest BCUT2D eigenvalue weighted by Gasteiger charge is 2.04. The Kier molecular flexibility index (Phi) is 6.27. The molecule has 0 unspecified atom stereocenters. The van der Waals surface area contributed by atoms with Gasteiger partial charge in [0.15, 0.2) is 6.61 Å². The number of carboxylic acid groups (broad SMARTS) is 1. The van der Waals surface area contributed by atoms with Gasteiger partial charge in [-0.1, -0.05) is 23.2 Å². The van der Waals surface area contributed by atoms with Crippen LogP contribution in [0, 0.1) is 0 Å². The first kappa shape index (κ1) is 13.8. The molecule has 0 radical (unpaired) electrons. The number of ether oxygens (including phenoxy) is 1. The fourth-order valence-electron chi connectivity index (χ4n) is 0.732. The molecule has 14 heavy (non-hydrogen) atoms. The summed E-state index contributed by atoms with van der Waals surface area (Å²) in [5, 5.41) is 9.11. The van der Waals surface area contributed by atoms with E-state index in [0.717, 1.165) is 0 Å². The summed E-state index contributed by atoms with van der Waals surface area (Å²) in [6, 6.07) is 4.58. The van der Waals surface area contributed by atoms with Crippen LogP contribution in [-0.2, 0) is 4.79 Å². The second kappa shape index (κ2) is 6.34. The predicted octanol–water partition coefficient (Wildman–Crippen LogP) is 1.54. The van der Waals surface area contributed by atoms with Crippen LogP contribution in [0.5, 0.6) is 5.75 Å². The lowest BCUT2D eigenvalue weighted by Crippen LogP contribution is -2.09. The van der Waals surface area contributed by atoms with Gasteiger partial charge >= 0.3 is 29.0 Å². The molecule has 1 rings (SSSR count). The summed E-state index contributed by atoms with van der Waals surface area (Å²) in [6.45, 7) is -0.415. The molecule has 74 valence electrons. The number of rotatable bonds is 3. The second-order valence-electron chi connectivity index (χ2n) is 2.26. The number of benzene rings is 1. The highest BCUT2D eigenvalue weighted by atomic mass is 35.5. The van der Waals surface area contributed by atoms with Gasteiger partial charge in [-0.05, 0) is 18.2 Å². The van der Waals surface area contributed by atoms with Gasteiger partial charge in [0.1, 0.15) is 5.75 Å². The average Bonchev–Trinajstić information content (AvgIpc) is 2.02. The Labute approximate surface area is 107 Å². The molecule has 0 aliphatic rings. The van der Waals surface area contributed by atoms with E-state index in [1.54, 1.807) is 6.07 Å². The number of hydrogen-bond acceptors (Lipinski definition) is 2. The van der Waals surface area contributed by atoms with Gasteiger partial charge in [0, 0.05) is 5.02 Å². The Hall–Kier alpha value is -0.164. The van der Waals surface area contributed by atoms with Crippen LogP contribution < -0.4 is 4.74 Å². The van der Waals surface area contributed by atoms with Crippen molar-refractivity contribution >= 4 is 52.2 Å². The summed E-state index contributed by atoms with van der Waals surface area (Å²) >= 11 is 11.3. The van der Waals surface area contributed by atoms with Crippen LogP contribution in [0.15, 0.2) is 18.2 Å². The van der Waals surface area contributed by atoms with E-state index in [1.807, 2.05) is 0 Å². The minimum atomic E-state index is -1.05. The first-order valence-corrected chi connectivity index (χ1v) is 4.15. The van der Waals surface area contributed by atoms with Gasteiger partial charge in [0.2, 0.25) is 0 Å². The van der Waals surface area contributed by atoms with Crippen molar-refractivity contribution in [2.45, 2.75) is 0 Å². The highest BCUT2D eigenvalue weighted by Crippen LogP contribution is 2.27. The smallest absolute Gasteiger partial charge is 0.341 e. The zero-order chi connectivity index (χ0) is 9.84. The number of carboxylic acids is 1. The molecule has 0 heterocycles. The molecule has 1 aromatic rings. The maximum atomic E-state index is 10.2. The van der Waals surface area contributed by atoms with E-state index >= 15 is 0 Å². The molecule has 0 spiro atoms. The molecular weight excluding hydrogens is 239 g/mol. The molecule has 0 atom stereocenters. The lowest BCUT2D eigenvalue weighted by molar-refractivity contribution is -0.139. The molecule has 0 fully saturated rings. The van der Waals surface area contributed by atoms with Crippen LogP contribution in [0.4, 0.5) is 0 Å². The van der Waals surface area contributed by atoms with Crippen molar-refractivity contribution in [1.29, 1.82) is 0 Å². The summed E-state index contributed by atoms with van der Waals surface area (Å²) in [5.74, 6) is -0.737. The van der Waals surface area contributed by atoms with Crippen LogP contribution in [0.2, 0.25) is 10.0 Å². The third-order valence-electron chi connectivity index (χ3n) is 1.25. The lowest BCUT2D eigenvalue weighted by Gasteiger charge is -2.04. The third-order valence-corrected chi connectivity index (χ3v) is 1.78. The van der Waals surface area contributed by atoms with Crippen molar-refractivity contribution in [3.8, 4) is 5.75 Å². The number of halogens is 2. The standard InChI is InChI=1S/C8H6Cl2O3.Mg.2H/c9-5-1-2-7(6(10)3-5)13-4-8(11)12;;;/h1-3H,4H2,(H,11,12);;;. The number of hydrogen-bond donors (Lipinski definition) is 1. The number of aliphatic carboxylic acids is 1. The van der Waals surface area contributed by atoms with Crippen molar-refractivity contribution < 1.29 is 14.6 Å². The Balaban J connectivity index is 0.00000169. The average molecular weight is 247 g/mol. The monoisotopic (exact) mass is 246 g/mol. The van der Waals surface area contributed by atoms with E-state index in [2.05, 4.69) is 0 Å². The van der Waals surface area contributed by atoms with Crippen molar-refractivity contribution in [2.75, 3.05) is 6.61 Å². The molecule has 3 nitrogen and oxygen atoms in total. The van der Waals surface area contributed by atoms with E-state index in [4.69, 9.17) is 33.0 Å². The first-order valence-electron chi connectivity index (χ1n) is 3.39. The summed E-state index contributed by atoms with van der Waals surface area (Å²) in [6.07, 6.45) is 0. The summed E-state index contributed by atoms with van der Waals surface area (Å²) < 4.78 is 4.86. The highest BCUT2D eigenvalue weighted by molar-refractivity contribution is 6.35. The normalized spacial score (nSPS) is 9.00. The fraction of sp³-hybridized carbons (Fsp3) is 0.125. The Morgan fingerprint density at radius 3 is 2.57 bits per heavy atom. The van der Waals surface area contributed by atoms with Crippen molar-refractivity contribution in [3.05, 3.63) is 28.2 Å². The quantitative estimate of drug-likeness (QED) is 0.824.